The van der Waals surface area contributed by atoms with E-state index in [1.165, 1.54) is 4.90 Å². The van der Waals surface area contributed by atoms with E-state index in [0.29, 0.717) is 32.5 Å². The Morgan fingerprint density at radius 2 is 1.71 bits per heavy atom. The zero-order chi connectivity index (χ0) is 15.1. The van der Waals surface area contributed by atoms with Crippen molar-refractivity contribution in [2.75, 3.05) is 13.2 Å². The number of carbonyl (C=O) groups is 3. The summed E-state index contributed by atoms with van der Waals surface area (Å²) in [5, 5.41) is 2.42. The molecule has 0 aromatic heterocycles. The highest BCUT2D eigenvalue weighted by molar-refractivity contribution is 6.19. The summed E-state index contributed by atoms with van der Waals surface area (Å²) in [5.74, 6) is -0.718. The third-order valence-corrected chi connectivity index (χ3v) is 5.17. The van der Waals surface area contributed by atoms with Crippen LogP contribution in [0.1, 0.15) is 51.9 Å². The van der Waals surface area contributed by atoms with Crippen LogP contribution in [-0.4, -0.2) is 41.5 Å². The summed E-state index contributed by atoms with van der Waals surface area (Å²) in [6.07, 6.45) is 5.49. The van der Waals surface area contributed by atoms with Crippen LogP contribution in [0.2, 0.25) is 0 Å². The average molecular weight is 294 g/mol. The van der Waals surface area contributed by atoms with E-state index in [0.717, 1.165) is 25.7 Å². The van der Waals surface area contributed by atoms with Gasteiger partial charge >= 0.3 is 6.03 Å². The number of hydrogen-bond acceptors (Lipinski definition) is 4. The van der Waals surface area contributed by atoms with Crippen molar-refractivity contribution in [3.05, 3.63) is 0 Å². The predicted molar refractivity (Wildman–Crippen MR) is 74.4 cm³/mol. The number of rotatable bonds is 1. The molecule has 6 heteroatoms. The van der Waals surface area contributed by atoms with Crippen molar-refractivity contribution in [2.45, 2.75) is 57.4 Å². The highest BCUT2D eigenvalue weighted by Crippen LogP contribution is 2.42. The second-order valence-corrected chi connectivity index (χ2v) is 6.70. The largest absolute Gasteiger partial charge is 0.379 e. The number of imide groups is 2. The Morgan fingerprint density at radius 3 is 2.29 bits per heavy atom. The second kappa shape index (κ2) is 5.09. The Labute approximate surface area is 124 Å². The number of urea groups is 1. The van der Waals surface area contributed by atoms with Crippen molar-refractivity contribution in [3.8, 4) is 0 Å². The summed E-state index contributed by atoms with van der Waals surface area (Å²) in [5.41, 5.74) is -1.68. The van der Waals surface area contributed by atoms with E-state index >= 15 is 0 Å². The smallest absolute Gasteiger partial charge is 0.331 e. The highest BCUT2D eigenvalue weighted by atomic mass is 16.5. The lowest BCUT2D eigenvalue weighted by molar-refractivity contribution is -0.156. The molecule has 116 valence electrons. The summed E-state index contributed by atoms with van der Waals surface area (Å²) in [6, 6.07) is -0.590. The van der Waals surface area contributed by atoms with E-state index in [9.17, 15) is 14.4 Å². The predicted octanol–water partition coefficient (Wildman–Crippen LogP) is 1.58. The van der Waals surface area contributed by atoms with Gasteiger partial charge in [-0.25, -0.2) is 4.79 Å². The molecule has 1 N–H and O–H groups in total. The van der Waals surface area contributed by atoms with Crippen molar-refractivity contribution < 1.29 is 19.1 Å². The Bertz CT molecular complexity index is 474. The van der Waals surface area contributed by atoms with Gasteiger partial charge < -0.3 is 4.74 Å². The zero-order valence-corrected chi connectivity index (χ0v) is 12.4. The monoisotopic (exact) mass is 294 g/mol. The fourth-order valence-electron chi connectivity index (χ4n) is 3.77. The van der Waals surface area contributed by atoms with Crippen molar-refractivity contribution >= 4 is 17.8 Å². The molecular formula is C15H22N2O4. The molecule has 1 unspecified atom stereocenters. The number of carbonyl (C=O) groups excluding carboxylic acids is 3. The van der Waals surface area contributed by atoms with Crippen molar-refractivity contribution in [1.29, 1.82) is 0 Å². The van der Waals surface area contributed by atoms with Gasteiger partial charge in [0.25, 0.3) is 0 Å². The quantitative estimate of drug-likeness (QED) is 0.745. The molecule has 2 saturated heterocycles. The first-order valence-electron chi connectivity index (χ1n) is 7.77. The minimum Gasteiger partial charge on any atom is -0.379 e. The van der Waals surface area contributed by atoms with Crippen molar-refractivity contribution in [2.24, 2.45) is 5.41 Å². The molecule has 21 heavy (non-hydrogen) atoms. The molecule has 6 nitrogen and oxygen atoms in total. The van der Waals surface area contributed by atoms with E-state index in [-0.39, 0.29) is 5.91 Å². The van der Waals surface area contributed by atoms with Crippen LogP contribution >= 0.6 is 0 Å². The fourth-order valence-corrected chi connectivity index (χ4v) is 3.77. The Morgan fingerprint density at radius 1 is 1.05 bits per heavy atom. The standard InChI is InChI=1S/C15H22N2O4/c1-14(8-9-21-10-14)17-12(19)15(11(18)16-13(17)20)6-4-2-3-5-7-15/h2-10H2,1H3,(H,16,18,20). The van der Waals surface area contributed by atoms with Crippen LogP contribution in [0.3, 0.4) is 0 Å². The van der Waals surface area contributed by atoms with Crippen LogP contribution in [-0.2, 0) is 14.3 Å². The number of nitrogens with one attached hydrogen (secondary N) is 1. The molecule has 0 aromatic carbocycles. The second-order valence-electron chi connectivity index (χ2n) is 6.70. The van der Waals surface area contributed by atoms with Crippen LogP contribution in [0.4, 0.5) is 4.79 Å². The third kappa shape index (κ3) is 2.16. The molecule has 2 heterocycles. The van der Waals surface area contributed by atoms with Crippen LogP contribution in [0.25, 0.3) is 0 Å². The lowest BCUT2D eigenvalue weighted by Gasteiger charge is -2.45. The maximum Gasteiger partial charge on any atom is 0.331 e. The SMILES string of the molecule is CC1(N2C(=O)NC(=O)C3(CCCCCC3)C2=O)CCOC1. The van der Waals surface area contributed by atoms with Crippen molar-refractivity contribution in [3.63, 3.8) is 0 Å². The third-order valence-electron chi connectivity index (χ3n) is 5.17. The molecule has 3 rings (SSSR count). The molecule has 1 saturated carbocycles. The minimum atomic E-state index is -1.05. The summed E-state index contributed by atoms with van der Waals surface area (Å²) >= 11 is 0. The Balaban J connectivity index is 1.96. The van der Waals surface area contributed by atoms with Gasteiger partial charge in [0, 0.05) is 6.61 Å². The molecule has 0 radical (unpaired) electrons. The van der Waals surface area contributed by atoms with Crippen LogP contribution < -0.4 is 5.32 Å². The molecule has 1 spiro atoms. The van der Waals surface area contributed by atoms with E-state index in [4.69, 9.17) is 4.74 Å². The molecule has 3 aliphatic rings. The zero-order valence-electron chi connectivity index (χ0n) is 12.4. The maximum atomic E-state index is 13.1. The van der Waals surface area contributed by atoms with Gasteiger partial charge in [0.2, 0.25) is 11.8 Å². The summed E-state index contributed by atoms with van der Waals surface area (Å²) < 4.78 is 5.38. The number of nitrogens with zero attached hydrogens (tertiary/aromatic N) is 1. The van der Waals surface area contributed by atoms with E-state index in [1.54, 1.807) is 0 Å². The summed E-state index contributed by atoms with van der Waals surface area (Å²) in [6.45, 7) is 2.74. The highest BCUT2D eigenvalue weighted by Gasteiger charge is 2.57. The average Bonchev–Trinajstić information content (AvgIpc) is 2.74. The van der Waals surface area contributed by atoms with Crippen LogP contribution in [0.15, 0.2) is 0 Å². The molecule has 0 bridgehead atoms. The van der Waals surface area contributed by atoms with Gasteiger partial charge in [-0.1, -0.05) is 25.7 Å². The number of ether oxygens (including phenoxy) is 1. The lowest BCUT2D eigenvalue weighted by Crippen LogP contribution is -2.69. The van der Waals surface area contributed by atoms with E-state index < -0.39 is 22.9 Å². The first-order chi connectivity index (χ1) is 10.00. The normalized spacial score (nSPS) is 33.2. The molecule has 2 aliphatic heterocycles. The van der Waals surface area contributed by atoms with Gasteiger partial charge in [-0.05, 0) is 26.2 Å². The topological polar surface area (TPSA) is 75.7 Å². The fraction of sp³-hybridized carbons (Fsp3) is 0.800. The number of barbiturate groups is 1. The molecule has 0 aromatic rings. The van der Waals surface area contributed by atoms with Crippen molar-refractivity contribution in [1.82, 2.24) is 10.2 Å². The van der Waals surface area contributed by atoms with Crippen LogP contribution in [0, 0.1) is 5.41 Å². The van der Waals surface area contributed by atoms with Crippen LogP contribution in [0.5, 0.6) is 0 Å². The molecular weight excluding hydrogens is 272 g/mol. The van der Waals surface area contributed by atoms with Gasteiger partial charge in [-0.2, -0.15) is 0 Å². The summed E-state index contributed by atoms with van der Waals surface area (Å²) in [7, 11) is 0. The maximum absolute atomic E-state index is 13.1. The van der Waals surface area contributed by atoms with Gasteiger partial charge in [0.1, 0.15) is 5.41 Å². The molecule has 4 amide bonds. The summed E-state index contributed by atoms with van der Waals surface area (Å²) in [4.78, 5) is 39.0. The van der Waals surface area contributed by atoms with Gasteiger partial charge in [0.15, 0.2) is 0 Å². The van der Waals surface area contributed by atoms with Gasteiger partial charge in [-0.3, -0.25) is 19.8 Å². The first kappa shape index (κ1) is 14.5. The van der Waals surface area contributed by atoms with Gasteiger partial charge in [-0.15, -0.1) is 0 Å². The Hall–Kier alpha value is -1.43. The van der Waals surface area contributed by atoms with Gasteiger partial charge in [0.05, 0.1) is 12.1 Å². The van der Waals surface area contributed by atoms with E-state index in [2.05, 4.69) is 5.32 Å². The molecule has 3 fully saturated rings. The molecule has 1 aliphatic carbocycles. The van der Waals surface area contributed by atoms with E-state index in [1.807, 2.05) is 6.92 Å². The first-order valence-corrected chi connectivity index (χ1v) is 7.77. The number of hydrogen-bond donors (Lipinski definition) is 1. The Kier molecular flexibility index (Phi) is 3.51. The number of amides is 4. The minimum absolute atomic E-state index is 0.314. The lowest BCUT2D eigenvalue weighted by atomic mass is 9.75. The molecule has 1 atom stereocenters.